The Bertz CT molecular complexity index is 1910. The maximum atomic E-state index is 14.0. The number of amides is 3. The maximum Gasteiger partial charge on any atom is 0.418 e. The fourth-order valence-electron chi connectivity index (χ4n) is 5.56. The van der Waals surface area contributed by atoms with Crippen molar-refractivity contribution >= 4 is 58.2 Å². The van der Waals surface area contributed by atoms with Crippen molar-refractivity contribution in [3.63, 3.8) is 0 Å². The third-order valence-corrected chi connectivity index (χ3v) is 10.1. The highest BCUT2D eigenvalue weighted by Gasteiger charge is 2.57. The minimum Gasteiger partial charge on any atom is -0.462 e. The highest BCUT2D eigenvalue weighted by Crippen LogP contribution is 2.53. The number of alkyl halides is 3. The van der Waals surface area contributed by atoms with E-state index in [1.54, 1.807) is 19.1 Å². The number of hydrogen-bond acceptors (Lipinski definition) is 9. The van der Waals surface area contributed by atoms with Crippen LogP contribution < -0.4 is 15.1 Å². The number of esters is 1. The van der Waals surface area contributed by atoms with Gasteiger partial charge in [-0.25, -0.2) is 9.69 Å². The zero-order valence-corrected chi connectivity index (χ0v) is 25.4. The summed E-state index contributed by atoms with van der Waals surface area (Å²) in [5, 5.41) is 1.52. The molecule has 0 unspecified atom stereocenters. The Balaban J connectivity index is 1.35. The number of pyridine rings is 1. The number of halogens is 3. The van der Waals surface area contributed by atoms with Gasteiger partial charge in [0.25, 0.3) is 0 Å². The predicted molar refractivity (Wildman–Crippen MR) is 163 cm³/mol. The van der Waals surface area contributed by atoms with Gasteiger partial charge in [0.15, 0.2) is 0 Å². The SMILES string of the molecule is CCOC(=O)c1ccc(N2C(=O)[C@H]3[C@H](c4cccnc4)c4sc(=O)n(CC(=O)Nc5ccccc5C(F)(F)F)c4S[C@H]3C2=O)cc1. The highest BCUT2D eigenvalue weighted by molar-refractivity contribution is 8.00. The van der Waals surface area contributed by atoms with Gasteiger partial charge in [-0.1, -0.05) is 41.3 Å². The van der Waals surface area contributed by atoms with Crippen LogP contribution in [0, 0.1) is 5.92 Å². The predicted octanol–water partition coefficient (Wildman–Crippen LogP) is 4.93. The number of hydrogen-bond donors (Lipinski definition) is 1. The van der Waals surface area contributed by atoms with Crippen molar-refractivity contribution < 1.29 is 37.1 Å². The van der Waals surface area contributed by atoms with Crippen LogP contribution in [-0.2, 0) is 31.8 Å². The monoisotopic (exact) mass is 668 g/mol. The van der Waals surface area contributed by atoms with E-state index in [9.17, 15) is 37.1 Å². The molecule has 2 aromatic carbocycles. The number of fused-ring (bicyclic) bond motifs is 2. The molecule has 46 heavy (non-hydrogen) atoms. The Kier molecular flexibility index (Phi) is 8.29. The van der Waals surface area contributed by atoms with E-state index in [0.717, 1.165) is 44.7 Å². The molecule has 0 radical (unpaired) electrons. The molecule has 0 saturated carbocycles. The molecule has 4 aromatic rings. The summed E-state index contributed by atoms with van der Waals surface area (Å²) in [6, 6.07) is 13.7. The molecule has 1 saturated heterocycles. The number of thiazole rings is 1. The molecule has 2 aliphatic heterocycles. The second kappa shape index (κ2) is 12.2. The molecule has 2 aliphatic rings. The van der Waals surface area contributed by atoms with Crippen LogP contribution >= 0.6 is 23.1 Å². The minimum absolute atomic E-state index is 0.178. The lowest BCUT2D eigenvalue weighted by atomic mass is 9.84. The van der Waals surface area contributed by atoms with Crippen molar-refractivity contribution in [2.45, 2.75) is 35.8 Å². The van der Waals surface area contributed by atoms with E-state index in [0.29, 0.717) is 10.4 Å². The molecule has 0 spiro atoms. The Labute approximate surface area is 267 Å². The number of aromatic nitrogens is 2. The molecule has 2 aromatic heterocycles. The summed E-state index contributed by atoms with van der Waals surface area (Å²) in [5.41, 5.74) is -0.447. The number of anilines is 2. The Morgan fingerprint density at radius 1 is 1.00 bits per heavy atom. The molecule has 3 atom stereocenters. The first-order valence-electron chi connectivity index (χ1n) is 13.9. The van der Waals surface area contributed by atoms with Gasteiger partial charge < -0.3 is 10.1 Å². The lowest BCUT2D eigenvalue weighted by molar-refractivity contribution is -0.137. The summed E-state index contributed by atoms with van der Waals surface area (Å²) in [7, 11) is 0. The Morgan fingerprint density at radius 2 is 1.74 bits per heavy atom. The number of imide groups is 1. The lowest BCUT2D eigenvalue weighted by Gasteiger charge is -2.30. The van der Waals surface area contributed by atoms with E-state index >= 15 is 0 Å². The molecule has 236 valence electrons. The molecule has 0 aliphatic carbocycles. The molecule has 1 fully saturated rings. The largest absolute Gasteiger partial charge is 0.462 e. The number of rotatable bonds is 7. The average Bonchev–Trinajstić information content (AvgIpc) is 3.47. The van der Waals surface area contributed by atoms with Crippen molar-refractivity contribution in [2.24, 2.45) is 5.92 Å². The number of carbonyl (C=O) groups is 4. The number of carbonyl (C=O) groups excluding carboxylic acids is 4. The molecule has 4 heterocycles. The van der Waals surface area contributed by atoms with Crippen molar-refractivity contribution in [3.05, 3.63) is 104 Å². The number of ether oxygens (including phenoxy) is 1. The summed E-state index contributed by atoms with van der Waals surface area (Å²) in [5.74, 6) is -4.21. The van der Waals surface area contributed by atoms with Gasteiger partial charge in [-0.3, -0.25) is 28.7 Å². The summed E-state index contributed by atoms with van der Waals surface area (Å²) >= 11 is 1.76. The van der Waals surface area contributed by atoms with Crippen molar-refractivity contribution in [1.29, 1.82) is 0 Å². The molecule has 1 N–H and O–H groups in total. The summed E-state index contributed by atoms with van der Waals surface area (Å²) < 4.78 is 46.6. The number of thioether (sulfide) groups is 1. The van der Waals surface area contributed by atoms with Crippen molar-refractivity contribution in [3.8, 4) is 0 Å². The number of nitrogens with one attached hydrogen (secondary N) is 1. The first-order chi connectivity index (χ1) is 22.0. The minimum atomic E-state index is -4.72. The van der Waals surface area contributed by atoms with Gasteiger partial charge in [0.05, 0.1) is 40.1 Å². The molecule has 3 amide bonds. The number of benzene rings is 2. The third kappa shape index (κ3) is 5.60. The van der Waals surface area contributed by atoms with Crippen LogP contribution in [0.5, 0.6) is 0 Å². The first-order valence-corrected chi connectivity index (χ1v) is 15.6. The van der Waals surface area contributed by atoms with Crippen LogP contribution in [-0.4, -0.2) is 45.1 Å². The normalized spacial score (nSPS) is 19.0. The molecule has 6 rings (SSSR count). The van der Waals surface area contributed by atoms with Crippen LogP contribution in [0.4, 0.5) is 24.5 Å². The van der Waals surface area contributed by atoms with Crippen molar-refractivity contribution in [2.75, 3.05) is 16.8 Å². The van der Waals surface area contributed by atoms with Gasteiger partial charge in [-0.05, 0) is 55.0 Å². The van der Waals surface area contributed by atoms with E-state index in [4.69, 9.17) is 4.74 Å². The summed E-state index contributed by atoms with van der Waals surface area (Å²) in [6.45, 7) is 1.23. The second-order valence-electron chi connectivity index (χ2n) is 10.3. The van der Waals surface area contributed by atoms with Crippen LogP contribution in [0.2, 0.25) is 0 Å². The molecule has 15 heteroatoms. The maximum absolute atomic E-state index is 14.0. The zero-order chi connectivity index (χ0) is 32.7. The van der Waals surface area contributed by atoms with Crippen LogP contribution in [0.1, 0.15) is 39.2 Å². The lowest BCUT2D eigenvalue weighted by Crippen LogP contribution is -2.33. The van der Waals surface area contributed by atoms with E-state index in [-0.39, 0.29) is 22.9 Å². The number of para-hydroxylation sites is 1. The van der Waals surface area contributed by atoms with Crippen LogP contribution in [0.25, 0.3) is 0 Å². The van der Waals surface area contributed by atoms with Gasteiger partial charge in [-0.15, -0.1) is 0 Å². The number of nitrogens with zero attached hydrogens (tertiary/aromatic N) is 3. The molecule has 0 bridgehead atoms. The highest BCUT2D eigenvalue weighted by atomic mass is 32.2. The third-order valence-electron chi connectivity index (χ3n) is 7.54. The summed E-state index contributed by atoms with van der Waals surface area (Å²) in [6.07, 6.45) is -1.65. The van der Waals surface area contributed by atoms with E-state index in [1.165, 1.54) is 48.8 Å². The quantitative estimate of drug-likeness (QED) is 0.217. The fourth-order valence-corrected chi connectivity index (χ4v) is 8.34. The van der Waals surface area contributed by atoms with Gasteiger partial charge in [0, 0.05) is 23.2 Å². The fraction of sp³-hybridized carbons (Fsp3) is 0.226. The second-order valence-corrected chi connectivity index (χ2v) is 12.4. The summed E-state index contributed by atoms with van der Waals surface area (Å²) in [4.78, 5) is 71.4. The van der Waals surface area contributed by atoms with E-state index in [2.05, 4.69) is 10.3 Å². The average molecular weight is 669 g/mol. The Hall–Kier alpha value is -4.76. The smallest absolute Gasteiger partial charge is 0.418 e. The zero-order valence-electron chi connectivity index (χ0n) is 23.8. The molecular formula is C31H23F3N4O6S2. The van der Waals surface area contributed by atoms with E-state index in [1.807, 2.05) is 0 Å². The van der Waals surface area contributed by atoms with Crippen LogP contribution in [0.15, 0.2) is 82.9 Å². The topological polar surface area (TPSA) is 128 Å². The van der Waals surface area contributed by atoms with Crippen molar-refractivity contribution in [1.82, 2.24) is 9.55 Å². The van der Waals surface area contributed by atoms with Gasteiger partial charge in [0.1, 0.15) is 11.8 Å². The van der Waals surface area contributed by atoms with E-state index < -0.39 is 69.6 Å². The first kappa shape index (κ1) is 31.2. The van der Waals surface area contributed by atoms with Gasteiger partial charge >= 0.3 is 17.0 Å². The van der Waals surface area contributed by atoms with Gasteiger partial charge in [-0.2, -0.15) is 13.2 Å². The molecular weight excluding hydrogens is 645 g/mol. The molecule has 10 nitrogen and oxygen atoms in total. The van der Waals surface area contributed by atoms with Gasteiger partial charge in [0.2, 0.25) is 17.7 Å². The Morgan fingerprint density at radius 3 is 2.41 bits per heavy atom. The van der Waals surface area contributed by atoms with Crippen LogP contribution in [0.3, 0.4) is 0 Å². The standard InChI is InChI=1S/C31H23F3N4O6S2/c1-2-44-29(42)16-9-11-18(12-10-16)38-26(40)23-22(17-6-5-13-35-14-17)25-28(45-24(23)27(38)41)37(30(43)46-25)15-21(39)36-20-8-4-3-7-19(20)31(32,33)34/h3-14,22-24H,2,15H2,1H3,(H,36,39)/t22-,23-,24+/m0/s1.